The van der Waals surface area contributed by atoms with E-state index in [1.807, 2.05) is 6.92 Å². The van der Waals surface area contributed by atoms with Gasteiger partial charge in [0.2, 0.25) is 0 Å². The maximum absolute atomic E-state index is 12.3. The van der Waals surface area contributed by atoms with E-state index in [1.165, 1.54) is 0 Å². The molecule has 2 rings (SSSR count). The van der Waals surface area contributed by atoms with E-state index >= 15 is 0 Å². The van der Waals surface area contributed by atoms with Gasteiger partial charge in [0.25, 0.3) is 0 Å². The molecule has 0 radical (unpaired) electrons. The number of hydrogen-bond donors (Lipinski definition) is 1. The molecule has 4 heteroatoms. The molecule has 1 nitrogen and oxygen atoms in total. The van der Waals surface area contributed by atoms with Crippen LogP contribution in [0.5, 0.6) is 0 Å². The van der Waals surface area contributed by atoms with Gasteiger partial charge < -0.3 is 5.32 Å². The molecule has 1 aromatic rings. The molecule has 0 bridgehead atoms. The van der Waals surface area contributed by atoms with Crippen LogP contribution in [0, 0.1) is 0 Å². The zero-order valence-corrected chi connectivity index (χ0v) is 8.36. The Kier molecular flexibility index (Phi) is 2.26. The third kappa shape index (κ3) is 1.86. The fraction of sp³-hybridized carbons (Fsp3) is 0.455. The minimum atomic E-state index is -4.24. The highest BCUT2D eigenvalue weighted by Gasteiger charge is 2.35. The van der Waals surface area contributed by atoms with Gasteiger partial charge >= 0.3 is 6.18 Å². The van der Waals surface area contributed by atoms with E-state index in [4.69, 9.17) is 0 Å². The van der Waals surface area contributed by atoms with Gasteiger partial charge in [-0.25, -0.2) is 0 Å². The lowest BCUT2D eigenvalue weighted by Gasteiger charge is -2.40. The van der Waals surface area contributed by atoms with E-state index in [0.717, 1.165) is 30.8 Å². The molecule has 0 unspecified atom stereocenters. The van der Waals surface area contributed by atoms with E-state index in [-0.39, 0.29) is 5.41 Å². The predicted molar refractivity (Wildman–Crippen MR) is 51.7 cm³/mol. The summed E-state index contributed by atoms with van der Waals surface area (Å²) < 4.78 is 36.9. The zero-order valence-electron chi connectivity index (χ0n) is 8.36. The molecule has 1 aliphatic rings. The molecule has 0 saturated carbocycles. The quantitative estimate of drug-likeness (QED) is 0.759. The van der Waals surface area contributed by atoms with Crippen molar-refractivity contribution in [2.24, 2.45) is 0 Å². The average molecular weight is 215 g/mol. The fourth-order valence-electron chi connectivity index (χ4n) is 1.77. The van der Waals surface area contributed by atoms with Crippen molar-refractivity contribution in [3.05, 3.63) is 35.4 Å². The monoisotopic (exact) mass is 215 g/mol. The van der Waals surface area contributed by atoms with Crippen LogP contribution in [0.4, 0.5) is 13.2 Å². The maximum atomic E-state index is 12.3. The summed E-state index contributed by atoms with van der Waals surface area (Å²) in [6, 6.07) is 5.45. The summed E-state index contributed by atoms with van der Waals surface area (Å²) in [6.45, 7) is 3.71. The molecule has 82 valence electrons. The second kappa shape index (κ2) is 3.23. The molecule has 0 aromatic heterocycles. The lowest BCUT2D eigenvalue weighted by molar-refractivity contribution is -0.137. The van der Waals surface area contributed by atoms with Crippen LogP contribution < -0.4 is 5.32 Å². The summed E-state index contributed by atoms with van der Waals surface area (Å²) in [4.78, 5) is 0. The van der Waals surface area contributed by atoms with E-state index in [0.29, 0.717) is 0 Å². The van der Waals surface area contributed by atoms with Gasteiger partial charge in [-0.05, 0) is 17.7 Å². The van der Waals surface area contributed by atoms with Crippen molar-refractivity contribution in [3.8, 4) is 0 Å². The number of rotatable bonds is 1. The fourth-order valence-corrected chi connectivity index (χ4v) is 1.77. The summed E-state index contributed by atoms with van der Waals surface area (Å²) in [5.74, 6) is 0. The summed E-state index contributed by atoms with van der Waals surface area (Å²) in [5, 5.41) is 3.12. The molecular formula is C11H12F3N. The Bertz CT molecular complexity index is 349. The van der Waals surface area contributed by atoms with Gasteiger partial charge in [0.1, 0.15) is 0 Å². The highest BCUT2D eigenvalue weighted by molar-refractivity contribution is 5.32. The highest BCUT2D eigenvalue weighted by Crippen LogP contribution is 2.32. The first-order valence-corrected chi connectivity index (χ1v) is 4.80. The minimum absolute atomic E-state index is 0.00410. The third-order valence-electron chi connectivity index (χ3n) is 2.94. The molecule has 0 spiro atoms. The Morgan fingerprint density at radius 1 is 1.13 bits per heavy atom. The summed E-state index contributed by atoms with van der Waals surface area (Å²) in [7, 11) is 0. The smallest absolute Gasteiger partial charge is 0.315 e. The second-order valence-corrected chi connectivity index (χ2v) is 4.24. The molecule has 0 amide bonds. The van der Waals surface area contributed by atoms with Gasteiger partial charge in [-0.1, -0.05) is 19.1 Å². The van der Waals surface area contributed by atoms with Crippen LogP contribution in [0.1, 0.15) is 18.1 Å². The van der Waals surface area contributed by atoms with Crippen molar-refractivity contribution in [2.75, 3.05) is 13.1 Å². The number of alkyl halides is 3. The first-order valence-electron chi connectivity index (χ1n) is 4.80. The van der Waals surface area contributed by atoms with E-state index in [9.17, 15) is 13.2 Å². The Morgan fingerprint density at radius 2 is 1.67 bits per heavy atom. The molecule has 0 atom stereocenters. The summed E-state index contributed by atoms with van der Waals surface area (Å²) in [6.07, 6.45) is -4.24. The first kappa shape index (κ1) is 10.5. The van der Waals surface area contributed by atoms with E-state index in [1.54, 1.807) is 12.1 Å². The molecule has 1 fully saturated rings. The zero-order chi connectivity index (χ0) is 11.1. The Morgan fingerprint density at radius 3 is 2.00 bits per heavy atom. The lowest BCUT2D eigenvalue weighted by Crippen LogP contribution is -2.54. The standard InChI is InChI=1S/C11H12F3N/c1-10(6-15-7-10)8-2-4-9(5-3-8)11(12,13)14/h2-5,15H,6-7H2,1H3. The van der Waals surface area contributed by atoms with Crippen LogP contribution in [0.25, 0.3) is 0 Å². The molecular weight excluding hydrogens is 203 g/mol. The lowest BCUT2D eigenvalue weighted by atomic mass is 9.77. The Balaban J connectivity index is 2.24. The molecule has 1 saturated heterocycles. The van der Waals surface area contributed by atoms with Crippen LogP contribution in [0.2, 0.25) is 0 Å². The van der Waals surface area contributed by atoms with Crippen LogP contribution in [-0.2, 0) is 11.6 Å². The molecule has 0 aliphatic carbocycles. The van der Waals surface area contributed by atoms with E-state index < -0.39 is 11.7 Å². The van der Waals surface area contributed by atoms with Crippen molar-refractivity contribution in [1.29, 1.82) is 0 Å². The van der Waals surface area contributed by atoms with E-state index in [2.05, 4.69) is 5.32 Å². The molecule has 1 heterocycles. The molecule has 1 aromatic carbocycles. The number of hydrogen-bond acceptors (Lipinski definition) is 1. The number of nitrogens with one attached hydrogen (secondary N) is 1. The predicted octanol–water partition coefficient (Wildman–Crippen LogP) is 2.57. The van der Waals surface area contributed by atoms with Crippen molar-refractivity contribution in [2.45, 2.75) is 18.5 Å². The first-order chi connectivity index (χ1) is 6.92. The highest BCUT2D eigenvalue weighted by atomic mass is 19.4. The van der Waals surface area contributed by atoms with Gasteiger partial charge in [0.15, 0.2) is 0 Å². The minimum Gasteiger partial charge on any atom is -0.315 e. The van der Waals surface area contributed by atoms with Gasteiger partial charge in [0, 0.05) is 18.5 Å². The van der Waals surface area contributed by atoms with Crippen LogP contribution >= 0.6 is 0 Å². The molecule has 1 N–H and O–H groups in total. The van der Waals surface area contributed by atoms with Gasteiger partial charge in [-0.2, -0.15) is 13.2 Å². The second-order valence-electron chi connectivity index (χ2n) is 4.24. The SMILES string of the molecule is CC1(c2ccc(C(F)(F)F)cc2)CNC1. The van der Waals surface area contributed by atoms with Gasteiger partial charge in [-0.3, -0.25) is 0 Å². The largest absolute Gasteiger partial charge is 0.416 e. The van der Waals surface area contributed by atoms with Crippen LogP contribution in [0.15, 0.2) is 24.3 Å². The summed E-state index contributed by atoms with van der Waals surface area (Å²) in [5.41, 5.74) is 0.390. The van der Waals surface area contributed by atoms with Crippen molar-refractivity contribution in [3.63, 3.8) is 0 Å². The summed E-state index contributed by atoms with van der Waals surface area (Å²) >= 11 is 0. The molecule has 1 aliphatic heterocycles. The van der Waals surface area contributed by atoms with Crippen LogP contribution in [0.3, 0.4) is 0 Å². The number of halogens is 3. The third-order valence-corrected chi connectivity index (χ3v) is 2.94. The van der Waals surface area contributed by atoms with Gasteiger partial charge in [0.05, 0.1) is 5.56 Å². The Labute approximate surface area is 86.3 Å². The number of benzene rings is 1. The van der Waals surface area contributed by atoms with Gasteiger partial charge in [-0.15, -0.1) is 0 Å². The average Bonchev–Trinajstić information content (AvgIpc) is 2.13. The van der Waals surface area contributed by atoms with Crippen molar-refractivity contribution in [1.82, 2.24) is 5.32 Å². The maximum Gasteiger partial charge on any atom is 0.416 e. The molecule has 15 heavy (non-hydrogen) atoms. The van der Waals surface area contributed by atoms with Crippen molar-refractivity contribution >= 4 is 0 Å². The Hall–Kier alpha value is -1.03. The van der Waals surface area contributed by atoms with Crippen molar-refractivity contribution < 1.29 is 13.2 Å². The normalized spacial score (nSPS) is 19.7. The van der Waals surface area contributed by atoms with Crippen LogP contribution in [-0.4, -0.2) is 13.1 Å². The topological polar surface area (TPSA) is 12.0 Å².